The molecule has 1 N–H and O–H groups in total. The van der Waals surface area contributed by atoms with Gasteiger partial charge in [-0.2, -0.15) is 11.8 Å². The smallest absolute Gasteiger partial charge is 0.222 e. The SMILES string of the molecule is CN1C(=O)CC[C@]2(C)[C@H]3CC[C@]4(C)CCC[C@H]4[C@@H]3[C@@H](NC(=O)CCCCCCCCCCCSC(C)(C)C)C[C@@H]12. The Hall–Kier alpha value is -0.710. The highest BCUT2D eigenvalue weighted by molar-refractivity contribution is 8.00. The Bertz CT molecular complexity index is 855. The number of thioether (sulfide) groups is 1. The van der Waals surface area contributed by atoms with Crippen molar-refractivity contribution in [2.24, 2.45) is 28.6 Å². The Labute approximate surface area is 251 Å². The van der Waals surface area contributed by atoms with Gasteiger partial charge in [-0.25, -0.2) is 0 Å². The first-order valence-electron chi connectivity index (χ1n) is 17.1. The third kappa shape index (κ3) is 7.62. The van der Waals surface area contributed by atoms with E-state index in [1.165, 1.54) is 89.2 Å². The molecule has 5 heteroatoms. The molecular weight excluding hydrogens is 512 g/mol. The Morgan fingerprint density at radius 3 is 2.25 bits per heavy atom. The lowest BCUT2D eigenvalue weighted by atomic mass is 9.46. The van der Waals surface area contributed by atoms with Crippen LogP contribution in [0.1, 0.15) is 150 Å². The molecule has 4 nitrogen and oxygen atoms in total. The molecule has 0 aromatic carbocycles. The Kier molecular flexibility index (Phi) is 11.0. The number of rotatable bonds is 13. The predicted octanol–water partition coefficient (Wildman–Crippen LogP) is 8.77. The molecular formula is C35H62N2O2S. The van der Waals surface area contributed by atoms with Crippen molar-refractivity contribution in [1.82, 2.24) is 10.2 Å². The summed E-state index contributed by atoms with van der Waals surface area (Å²) < 4.78 is 0.400. The van der Waals surface area contributed by atoms with Crippen molar-refractivity contribution in [3.63, 3.8) is 0 Å². The van der Waals surface area contributed by atoms with Crippen molar-refractivity contribution < 1.29 is 9.59 Å². The molecule has 230 valence electrons. The first-order valence-corrected chi connectivity index (χ1v) is 18.1. The van der Waals surface area contributed by atoms with Crippen molar-refractivity contribution in [2.75, 3.05) is 12.8 Å². The number of piperidine rings is 1. The Morgan fingerprint density at radius 1 is 0.925 bits per heavy atom. The summed E-state index contributed by atoms with van der Waals surface area (Å²) in [4.78, 5) is 28.0. The molecule has 0 bridgehead atoms. The van der Waals surface area contributed by atoms with Crippen LogP contribution < -0.4 is 5.32 Å². The molecule has 4 rings (SSSR count). The van der Waals surface area contributed by atoms with Crippen LogP contribution in [0.25, 0.3) is 0 Å². The number of nitrogens with zero attached hydrogens (tertiary/aromatic N) is 1. The fraction of sp³-hybridized carbons (Fsp3) is 0.943. The third-order valence-electron chi connectivity index (χ3n) is 11.8. The maximum absolute atomic E-state index is 13.3. The zero-order valence-corrected chi connectivity index (χ0v) is 27.8. The van der Waals surface area contributed by atoms with Crippen LogP contribution in [-0.2, 0) is 9.59 Å². The minimum atomic E-state index is 0.198. The summed E-state index contributed by atoms with van der Waals surface area (Å²) in [5.74, 6) is 3.79. The molecule has 1 heterocycles. The first-order chi connectivity index (χ1) is 18.9. The molecule has 0 radical (unpaired) electrons. The fourth-order valence-corrected chi connectivity index (χ4v) is 10.5. The van der Waals surface area contributed by atoms with Crippen LogP contribution in [0.3, 0.4) is 0 Å². The Morgan fingerprint density at radius 2 is 1.57 bits per heavy atom. The summed E-state index contributed by atoms with van der Waals surface area (Å²) >= 11 is 2.09. The van der Waals surface area contributed by atoms with E-state index in [-0.39, 0.29) is 23.4 Å². The van der Waals surface area contributed by atoms with Gasteiger partial charge < -0.3 is 10.2 Å². The normalized spacial score (nSPS) is 35.7. The fourth-order valence-electron chi connectivity index (χ4n) is 9.55. The van der Waals surface area contributed by atoms with Gasteiger partial charge in [-0.15, -0.1) is 0 Å². The number of hydrogen-bond acceptors (Lipinski definition) is 3. The Balaban J connectivity index is 1.20. The van der Waals surface area contributed by atoms with E-state index in [1.54, 1.807) is 0 Å². The molecule has 0 aromatic heterocycles. The zero-order chi connectivity index (χ0) is 29.0. The second-order valence-electron chi connectivity index (χ2n) is 15.7. The van der Waals surface area contributed by atoms with Gasteiger partial charge in [0.05, 0.1) is 0 Å². The molecule has 2 amide bonds. The quantitative estimate of drug-likeness (QED) is 0.224. The average molecular weight is 575 g/mol. The van der Waals surface area contributed by atoms with E-state index in [0.717, 1.165) is 25.2 Å². The number of amides is 2. The van der Waals surface area contributed by atoms with Crippen LogP contribution in [-0.4, -0.2) is 46.3 Å². The number of fused-ring (bicyclic) bond motifs is 5. The van der Waals surface area contributed by atoms with Gasteiger partial charge >= 0.3 is 0 Å². The molecule has 3 saturated carbocycles. The van der Waals surface area contributed by atoms with Crippen LogP contribution in [0.4, 0.5) is 0 Å². The lowest BCUT2D eigenvalue weighted by molar-refractivity contribution is -0.162. The van der Waals surface area contributed by atoms with Crippen molar-refractivity contribution in [3.8, 4) is 0 Å². The number of hydrogen-bond donors (Lipinski definition) is 1. The highest BCUT2D eigenvalue weighted by Crippen LogP contribution is 2.64. The molecule has 4 aliphatic rings. The van der Waals surface area contributed by atoms with Gasteiger partial charge in [-0.3, -0.25) is 9.59 Å². The summed E-state index contributed by atoms with van der Waals surface area (Å²) in [7, 11) is 2.03. The summed E-state index contributed by atoms with van der Waals surface area (Å²) in [5.41, 5.74) is 0.652. The van der Waals surface area contributed by atoms with E-state index >= 15 is 0 Å². The minimum absolute atomic E-state index is 0.198. The van der Waals surface area contributed by atoms with E-state index in [4.69, 9.17) is 0 Å². The number of carbonyl (C=O) groups excluding carboxylic acids is 2. The predicted molar refractivity (Wildman–Crippen MR) is 170 cm³/mol. The van der Waals surface area contributed by atoms with Crippen LogP contribution >= 0.6 is 11.8 Å². The maximum Gasteiger partial charge on any atom is 0.222 e. The second-order valence-corrected chi connectivity index (χ2v) is 17.6. The lowest BCUT2D eigenvalue weighted by Crippen LogP contribution is -2.67. The minimum Gasteiger partial charge on any atom is -0.353 e. The molecule has 0 aromatic rings. The van der Waals surface area contributed by atoms with Gasteiger partial charge in [-0.05, 0) is 85.7 Å². The van der Waals surface area contributed by atoms with Crippen LogP contribution in [0.15, 0.2) is 0 Å². The summed E-state index contributed by atoms with van der Waals surface area (Å²) in [5, 5.41) is 3.60. The van der Waals surface area contributed by atoms with E-state index in [2.05, 4.69) is 56.6 Å². The molecule has 0 unspecified atom stereocenters. The van der Waals surface area contributed by atoms with Gasteiger partial charge in [0.1, 0.15) is 0 Å². The van der Waals surface area contributed by atoms with Crippen LogP contribution in [0, 0.1) is 28.6 Å². The first kappa shape index (κ1) is 32.2. The summed E-state index contributed by atoms with van der Waals surface area (Å²) in [6.45, 7) is 11.9. The van der Waals surface area contributed by atoms with E-state index in [9.17, 15) is 9.59 Å². The van der Waals surface area contributed by atoms with Crippen LogP contribution in [0.5, 0.6) is 0 Å². The summed E-state index contributed by atoms with van der Waals surface area (Å²) in [6, 6.07) is 0.497. The van der Waals surface area contributed by atoms with E-state index in [1.807, 2.05) is 7.05 Å². The number of likely N-dealkylation sites (tertiary alicyclic amines) is 1. The van der Waals surface area contributed by atoms with Crippen LogP contribution in [0.2, 0.25) is 0 Å². The van der Waals surface area contributed by atoms with Crippen molar-refractivity contribution >= 4 is 23.6 Å². The van der Waals surface area contributed by atoms with Crippen molar-refractivity contribution in [3.05, 3.63) is 0 Å². The molecule has 0 spiro atoms. The lowest BCUT2D eigenvalue weighted by Gasteiger charge is -2.63. The molecule has 40 heavy (non-hydrogen) atoms. The standard InChI is InChI=1S/C35H62N2O2S/c1-33(2,3)40-24-15-13-11-9-7-8-10-12-14-18-30(38)36-28-25-29-35(5,23-20-31(39)37(29)6)27-19-22-34(4)21-16-17-26(34)32(27)28/h26-29,32H,7-25H2,1-6H3,(H,36,38)/t26-,27-,28-,29+,32-,34-,35+/m0/s1. The van der Waals surface area contributed by atoms with Crippen molar-refractivity contribution in [2.45, 2.75) is 167 Å². The topological polar surface area (TPSA) is 49.4 Å². The second kappa shape index (κ2) is 13.7. The highest BCUT2D eigenvalue weighted by atomic mass is 32.2. The van der Waals surface area contributed by atoms with E-state index in [0.29, 0.717) is 40.7 Å². The highest BCUT2D eigenvalue weighted by Gasteiger charge is 2.62. The number of carbonyl (C=O) groups is 2. The molecule has 1 aliphatic heterocycles. The van der Waals surface area contributed by atoms with Gasteiger partial charge in [0.25, 0.3) is 0 Å². The zero-order valence-electron chi connectivity index (χ0n) is 27.0. The summed E-state index contributed by atoms with van der Waals surface area (Å²) in [6.07, 6.45) is 21.5. The monoisotopic (exact) mass is 574 g/mol. The van der Waals surface area contributed by atoms with Gasteiger partial charge in [0.2, 0.25) is 11.8 Å². The van der Waals surface area contributed by atoms with Gasteiger partial charge in [0.15, 0.2) is 0 Å². The number of nitrogens with one attached hydrogen (secondary N) is 1. The van der Waals surface area contributed by atoms with Crippen molar-refractivity contribution in [1.29, 1.82) is 0 Å². The average Bonchev–Trinajstić information content (AvgIpc) is 3.29. The molecule has 4 fully saturated rings. The van der Waals surface area contributed by atoms with E-state index < -0.39 is 0 Å². The van der Waals surface area contributed by atoms with Gasteiger partial charge in [0, 0.05) is 36.7 Å². The third-order valence-corrected chi connectivity index (χ3v) is 13.2. The maximum atomic E-state index is 13.3. The van der Waals surface area contributed by atoms with Gasteiger partial charge in [-0.1, -0.05) is 86.0 Å². The molecule has 7 atom stereocenters. The number of unbranched alkanes of at least 4 members (excludes halogenated alkanes) is 8. The molecule has 3 aliphatic carbocycles. The molecule has 1 saturated heterocycles. The largest absolute Gasteiger partial charge is 0.353 e.